The van der Waals surface area contributed by atoms with Crippen molar-refractivity contribution in [1.82, 2.24) is 0 Å². The van der Waals surface area contributed by atoms with Gasteiger partial charge in [0.1, 0.15) is 0 Å². The van der Waals surface area contributed by atoms with Gasteiger partial charge in [0, 0.05) is 6.54 Å². The van der Waals surface area contributed by atoms with E-state index >= 15 is 0 Å². The van der Waals surface area contributed by atoms with Crippen molar-refractivity contribution in [3.63, 3.8) is 0 Å². The molecule has 0 bridgehead atoms. The largest absolute Gasteiger partial charge is 0.326 e. The van der Waals surface area contributed by atoms with Crippen molar-refractivity contribution < 1.29 is 0 Å². The zero-order valence-corrected chi connectivity index (χ0v) is 13.8. The smallest absolute Gasteiger partial charge is 0.0178 e. The van der Waals surface area contributed by atoms with E-state index in [4.69, 9.17) is 5.73 Å². The van der Waals surface area contributed by atoms with Gasteiger partial charge in [0.25, 0.3) is 0 Å². The maximum Gasteiger partial charge on any atom is 0.0178 e. The minimum atomic E-state index is 0.653. The predicted octanol–water partition coefficient (Wildman–Crippen LogP) is 5.41. The third-order valence-corrected chi connectivity index (χ3v) is 6.28. The van der Waals surface area contributed by atoms with Crippen LogP contribution in [0.5, 0.6) is 0 Å². The molecule has 120 valence electrons. The highest BCUT2D eigenvalue weighted by Gasteiger charge is 2.30. The molecule has 0 aliphatic heterocycles. The fraction of sp³-hybridized carbons (Fsp3) is 0.619. The van der Waals surface area contributed by atoms with Crippen molar-refractivity contribution in [2.75, 3.05) is 0 Å². The zero-order chi connectivity index (χ0) is 15.4. The van der Waals surface area contributed by atoms with Crippen molar-refractivity contribution in [3.8, 4) is 0 Å². The van der Waals surface area contributed by atoms with E-state index in [2.05, 4.69) is 36.9 Å². The van der Waals surface area contributed by atoms with Crippen molar-refractivity contribution in [2.45, 2.75) is 63.8 Å². The highest BCUT2D eigenvalue weighted by molar-refractivity contribution is 5.25. The van der Waals surface area contributed by atoms with Crippen LogP contribution in [-0.2, 0) is 6.54 Å². The number of allylic oxidation sites excluding steroid dienone is 1. The van der Waals surface area contributed by atoms with E-state index in [9.17, 15) is 0 Å². The number of nitrogens with two attached hydrogens (primary N) is 1. The Balaban J connectivity index is 1.50. The molecule has 0 saturated heterocycles. The monoisotopic (exact) mass is 297 g/mol. The predicted molar refractivity (Wildman–Crippen MR) is 94.7 cm³/mol. The van der Waals surface area contributed by atoms with Crippen LogP contribution in [0.15, 0.2) is 36.9 Å². The van der Waals surface area contributed by atoms with Gasteiger partial charge >= 0.3 is 0 Å². The summed E-state index contributed by atoms with van der Waals surface area (Å²) in [6.45, 7) is 4.62. The van der Waals surface area contributed by atoms with E-state index in [1.807, 2.05) is 0 Å². The van der Waals surface area contributed by atoms with Crippen LogP contribution in [-0.4, -0.2) is 0 Å². The van der Waals surface area contributed by atoms with Crippen LogP contribution in [0.25, 0.3) is 0 Å². The average molecular weight is 297 g/mol. The number of rotatable bonds is 4. The summed E-state index contributed by atoms with van der Waals surface area (Å²) in [7, 11) is 0. The Hall–Kier alpha value is -1.08. The van der Waals surface area contributed by atoms with Crippen molar-refractivity contribution >= 4 is 0 Å². The maximum absolute atomic E-state index is 5.69. The molecule has 0 unspecified atom stereocenters. The summed E-state index contributed by atoms with van der Waals surface area (Å²) >= 11 is 0. The lowest BCUT2D eigenvalue weighted by Crippen LogP contribution is -2.25. The Morgan fingerprint density at radius 3 is 1.91 bits per heavy atom. The van der Waals surface area contributed by atoms with Gasteiger partial charge in [-0.15, -0.1) is 6.58 Å². The summed E-state index contributed by atoms with van der Waals surface area (Å²) in [6.07, 6.45) is 13.5. The SMILES string of the molecule is C=C[C@H]1CC[C@H](C2CCC(c3ccc(CN)cc3)CC2)CC1. The van der Waals surface area contributed by atoms with E-state index in [0.717, 1.165) is 23.7 Å². The van der Waals surface area contributed by atoms with Crippen LogP contribution in [0.1, 0.15) is 68.4 Å². The number of hydrogen-bond acceptors (Lipinski definition) is 1. The van der Waals surface area contributed by atoms with Crippen molar-refractivity contribution in [2.24, 2.45) is 23.5 Å². The second kappa shape index (κ2) is 7.46. The minimum Gasteiger partial charge on any atom is -0.326 e. The Morgan fingerprint density at radius 1 is 0.864 bits per heavy atom. The Labute approximate surface area is 136 Å². The van der Waals surface area contributed by atoms with E-state index < -0.39 is 0 Å². The molecule has 0 atom stereocenters. The fourth-order valence-corrected chi connectivity index (χ4v) is 4.70. The molecule has 2 aliphatic carbocycles. The quantitative estimate of drug-likeness (QED) is 0.739. The number of hydrogen-bond donors (Lipinski definition) is 1. The van der Waals surface area contributed by atoms with Gasteiger partial charge in [0.2, 0.25) is 0 Å². The summed E-state index contributed by atoms with van der Waals surface area (Å²) < 4.78 is 0. The second-order valence-corrected chi connectivity index (χ2v) is 7.47. The third-order valence-electron chi connectivity index (χ3n) is 6.28. The summed E-state index contributed by atoms with van der Waals surface area (Å²) in [5.74, 6) is 3.57. The van der Waals surface area contributed by atoms with E-state index in [1.165, 1.54) is 62.5 Å². The first-order chi connectivity index (χ1) is 10.8. The molecule has 1 aromatic carbocycles. The molecule has 0 aromatic heterocycles. The molecule has 1 nitrogen and oxygen atoms in total. The van der Waals surface area contributed by atoms with Crippen LogP contribution in [0, 0.1) is 17.8 Å². The summed E-state index contributed by atoms with van der Waals surface area (Å²) in [6, 6.07) is 9.03. The van der Waals surface area contributed by atoms with Gasteiger partial charge in [-0.05, 0) is 86.2 Å². The summed E-state index contributed by atoms with van der Waals surface area (Å²) in [5, 5.41) is 0. The van der Waals surface area contributed by atoms with Gasteiger partial charge in [-0.25, -0.2) is 0 Å². The van der Waals surface area contributed by atoms with Crippen LogP contribution in [0.4, 0.5) is 0 Å². The second-order valence-electron chi connectivity index (χ2n) is 7.47. The highest BCUT2D eigenvalue weighted by atomic mass is 14.5. The zero-order valence-electron chi connectivity index (χ0n) is 13.8. The molecule has 0 heterocycles. The van der Waals surface area contributed by atoms with Crippen LogP contribution in [0.3, 0.4) is 0 Å². The lowest BCUT2D eigenvalue weighted by Gasteiger charge is -2.37. The Bertz CT molecular complexity index is 459. The lowest BCUT2D eigenvalue weighted by molar-refractivity contribution is 0.171. The van der Waals surface area contributed by atoms with Crippen LogP contribution in [0.2, 0.25) is 0 Å². The first-order valence-electron chi connectivity index (χ1n) is 9.21. The molecular formula is C21H31N. The van der Waals surface area contributed by atoms with E-state index in [-0.39, 0.29) is 0 Å². The molecule has 1 heteroatoms. The normalized spacial score (nSPS) is 32.6. The Kier molecular flexibility index (Phi) is 5.36. The maximum atomic E-state index is 5.69. The molecule has 1 aromatic rings. The first-order valence-corrected chi connectivity index (χ1v) is 9.21. The molecule has 0 amide bonds. The molecule has 3 rings (SSSR count). The first kappa shape index (κ1) is 15.8. The van der Waals surface area contributed by atoms with Crippen molar-refractivity contribution in [1.29, 1.82) is 0 Å². The minimum absolute atomic E-state index is 0.653. The molecular weight excluding hydrogens is 266 g/mol. The molecule has 22 heavy (non-hydrogen) atoms. The molecule has 2 aliphatic rings. The molecule has 2 saturated carbocycles. The molecule has 2 N–H and O–H groups in total. The molecule has 2 fully saturated rings. The summed E-state index contributed by atoms with van der Waals surface area (Å²) in [4.78, 5) is 0. The Morgan fingerprint density at radius 2 is 1.41 bits per heavy atom. The van der Waals surface area contributed by atoms with Gasteiger partial charge in [-0.1, -0.05) is 30.3 Å². The average Bonchev–Trinajstić information content (AvgIpc) is 2.62. The topological polar surface area (TPSA) is 26.0 Å². The van der Waals surface area contributed by atoms with Crippen LogP contribution >= 0.6 is 0 Å². The van der Waals surface area contributed by atoms with Gasteiger partial charge in [-0.3, -0.25) is 0 Å². The van der Waals surface area contributed by atoms with Gasteiger partial charge in [0.05, 0.1) is 0 Å². The molecule has 0 radical (unpaired) electrons. The van der Waals surface area contributed by atoms with Crippen molar-refractivity contribution in [3.05, 3.63) is 48.0 Å². The van der Waals surface area contributed by atoms with E-state index in [1.54, 1.807) is 0 Å². The fourth-order valence-electron chi connectivity index (χ4n) is 4.70. The third kappa shape index (κ3) is 3.63. The van der Waals surface area contributed by atoms with Gasteiger partial charge in [0.15, 0.2) is 0 Å². The molecule has 0 spiro atoms. The lowest BCUT2D eigenvalue weighted by atomic mass is 9.68. The van der Waals surface area contributed by atoms with Gasteiger partial charge in [-0.2, -0.15) is 0 Å². The standard InChI is InChI=1S/C21H31N/c1-2-16-3-7-18(8-4-16)20-11-13-21(14-12-20)19-9-5-17(15-22)6-10-19/h2,5-6,9-10,16,18,20-21H,1,3-4,7-8,11-15,22H2/t16-,18-,20?,21?. The van der Waals surface area contributed by atoms with Crippen LogP contribution < -0.4 is 5.73 Å². The highest BCUT2D eigenvalue weighted by Crippen LogP contribution is 2.43. The number of benzene rings is 1. The summed E-state index contributed by atoms with van der Waals surface area (Å²) in [5.41, 5.74) is 8.47. The van der Waals surface area contributed by atoms with Gasteiger partial charge < -0.3 is 5.73 Å². The van der Waals surface area contributed by atoms with E-state index in [0.29, 0.717) is 6.54 Å².